The first-order valence-corrected chi connectivity index (χ1v) is 11.7. The van der Waals surface area contributed by atoms with Gasteiger partial charge in [0.25, 0.3) is 0 Å². The molecule has 0 N–H and O–H groups in total. The van der Waals surface area contributed by atoms with Gasteiger partial charge >= 0.3 is 5.91 Å². The largest absolute Gasteiger partial charge is 0.343 e. The fourth-order valence-corrected chi connectivity index (χ4v) is 8.36. The summed E-state index contributed by atoms with van der Waals surface area (Å²) in [6.45, 7) is 9.80. The Hall–Kier alpha value is -1.67. The van der Waals surface area contributed by atoms with Crippen LogP contribution < -0.4 is 4.48 Å². The molecule has 1 aliphatic heterocycles. The molecule has 0 saturated heterocycles. The smallest absolute Gasteiger partial charge is 0.226 e. The van der Waals surface area contributed by atoms with Crippen molar-refractivity contribution in [3.05, 3.63) is 55.1 Å². The Balaban J connectivity index is 1.61. The molecule has 3 saturated carbocycles. The number of amides is 1. The van der Waals surface area contributed by atoms with Crippen LogP contribution in [0.5, 0.6) is 0 Å². The van der Waals surface area contributed by atoms with E-state index in [9.17, 15) is 4.79 Å². The van der Waals surface area contributed by atoms with Gasteiger partial charge in [-0.15, -0.1) is 0 Å². The van der Waals surface area contributed by atoms with E-state index in [1.807, 2.05) is 12.2 Å². The number of hydrogen-bond acceptors (Lipinski definition) is 1. The summed E-state index contributed by atoms with van der Waals surface area (Å²) in [5.74, 6) is 2.66. The lowest BCUT2D eigenvalue weighted by atomic mass is 9.48. The molecular weight excluding hydrogens is 354 g/mol. The fourth-order valence-electron chi connectivity index (χ4n) is 8.36. The highest BCUT2D eigenvalue weighted by Gasteiger charge is 2.64. The summed E-state index contributed by atoms with van der Waals surface area (Å²) in [6, 6.07) is 10.8. The Bertz CT molecular complexity index is 843. The van der Waals surface area contributed by atoms with Crippen molar-refractivity contribution in [2.75, 3.05) is 6.54 Å². The van der Waals surface area contributed by atoms with Crippen LogP contribution in [0.3, 0.4) is 0 Å². The summed E-state index contributed by atoms with van der Waals surface area (Å²) in [4.78, 5) is 13.5. The number of carbonyl (C=O) groups is 1. The monoisotopic (exact) mass is 390 g/mol. The van der Waals surface area contributed by atoms with Crippen LogP contribution in [-0.2, 0) is 4.79 Å². The van der Waals surface area contributed by atoms with Crippen molar-refractivity contribution in [1.29, 1.82) is 0 Å². The first-order chi connectivity index (χ1) is 14.0. The lowest BCUT2D eigenvalue weighted by molar-refractivity contribution is -0.138. The van der Waals surface area contributed by atoms with Crippen LogP contribution in [0.15, 0.2) is 55.1 Å². The summed E-state index contributed by atoms with van der Waals surface area (Å²) in [7, 11) is 0. The summed E-state index contributed by atoms with van der Waals surface area (Å²) in [5, 5.41) is 0. The average molecular weight is 391 g/mol. The number of para-hydroxylation sites is 1. The van der Waals surface area contributed by atoms with Crippen LogP contribution in [-0.4, -0.2) is 18.5 Å². The Morgan fingerprint density at radius 1 is 1.07 bits per heavy atom. The summed E-state index contributed by atoms with van der Waals surface area (Å²) >= 11 is 0. The van der Waals surface area contributed by atoms with Gasteiger partial charge in [-0.3, -0.25) is 0 Å². The van der Waals surface area contributed by atoms with E-state index in [-0.39, 0.29) is 11.3 Å². The minimum absolute atomic E-state index is 0.0829. The molecule has 3 aliphatic carbocycles. The lowest BCUT2D eigenvalue weighted by Gasteiger charge is -2.61. The van der Waals surface area contributed by atoms with E-state index in [0.29, 0.717) is 28.4 Å². The Morgan fingerprint density at radius 2 is 1.86 bits per heavy atom. The molecule has 29 heavy (non-hydrogen) atoms. The fraction of sp³-hybridized carbons (Fsp3) is 0.593. The summed E-state index contributed by atoms with van der Waals surface area (Å²) in [5.41, 5.74) is 1.79. The molecule has 5 rings (SSSR count). The normalized spacial score (nSPS) is 45.9. The second-order valence-corrected chi connectivity index (χ2v) is 10.8. The van der Waals surface area contributed by atoms with Crippen molar-refractivity contribution in [2.24, 2.45) is 28.6 Å². The quantitative estimate of drug-likeness (QED) is 0.438. The van der Waals surface area contributed by atoms with E-state index in [1.165, 1.54) is 38.5 Å². The predicted molar refractivity (Wildman–Crippen MR) is 120 cm³/mol. The van der Waals surface area contributed by atoms with Gasteiger partial charge in [0.15, 0.2) is 0 Å². The number of rotatable bonds is 3. The molecule has 1 heterocycles. The number of benzene rings is 1. The first-order valence-electron chi connectivity index (χ1n) is 11.7. The molecule has 3 fully saturated rings. The minimum Gasteiger partial charge on any atom is -0.226 e. The molecule has 1 amide bonds. The summed E-state index contributed by atoms with van der Waals surface area (Å²) < 4.78 is 0.433. The lowest BCUT2D eigenvalue weighted by Crippen LogP contribution is -2.71. The molecule has 2 nitrogen and oxygen atoms in total. The third-order valence-corrected chi connectivity index (χ3v) is 9.65. The van der Waals surface area contributed by atoms with E-state index in [2.05, 4.69) is 56.8 Å². The van der Waals surface area contributed by atoms with Crippen LogP contribution in [0, 0.1) is 28.6 Å². The van der Waals surface area contributed by atoms with Crippen LogP contribution in [0.1, 0.15) is 58.8 Å². The van der Waals surface area contributed by atoms with Gasteiger partial charge in [-0.1, -0.05) is 51.1 Å². The van der Waals surface area contributed by atoms with Crippen molar-refractivity contribution in [1.82, 2.24) is 4.48 Å². The standard InChI is InChI=1S/C27H36NO/c1-4-19-28(20-9-6-5-7-10-20)24-13-12-21-22-11-8-16-26(22,2)17-14-23(21)27(24,3)18-15-25(28)29/h4-7,9-10,15,18,21-24H,1,8,11-14,16-17,19H2,2-3H3/q+1/t21-,22-,23-,24+,26-,27+,28?/m0/s1. The van der Waals surface area contributed by atoms with Crippen molar-refractivity contribution < 1.29 is 4.79 Å². The SMILES string of the molecule is C=CC[N+]1(c2ccccc2)C(=O)C=C[C@@]2(C)[C@H]1CC[C@H]1[C@@H]3CCC[C@@]3(C)CC[C@@H]12. The number of nitrogens with zero attached hydrogens (tertiary/aromatic N) is 1. The Kier molecular flexibility index (Phi) is 4.44. The van der Waals surface area contributed by atoms with Crippen LogP contribution in [0.4, 0.5) is 5.69 Å². The van der Waals surface area contributed by atoms with Gasteiger partial charge in [0.05, 0.1) is 0 Å². The molecular formula is C27H36NO+. The first kappa shape index (κ1) is 19.3. The highest BCUT2D eigenvalue weighted by molar-refractivity contribution is 5.99. The minimum atomic E-state index is 0.0829. The van der Waals surface area contributed by atoms with Crippen molar-refractivity contribution in [3.63, 3.8) is 0 Å². The van der Waals surface area contributed by atoms with Crippen molar-refractivity contribution in [3.8, 4) is 0 Å². The molecule has 7 atom stereocenters. The van der Waals surface area contributed by atoms with Gasteiger partial charge in [-0.05, 0) is 73.5 Å². The third kappa shape index (κ3) is 2.54. The Morgan fingerprint density at radius 3 is 2.62 bits per heavy atom. The van der Waals surface area contributed by atoms with E-state index in [1.54, 1.807) is 0 Å². The van der Waals surface area contributed by atoms with E-state index in [0.717, 1.165) is 23.9 Å². The second kappa shape index (κ2) is 6.67. The number of carbonyl (C=O) groups excluding carboxylic acids is 1. The van der Waals surface area contributed by atoms with Gasteiger partial charge in [0.2, 0.25) is 0 Å². The molecule has 1 unspecified atom stereocenters. The predicted octanol–water partition coefficient (Wildman–Crippen LogP) is 6.28. The zero-order valence-corrected chi connectivity index (χ0v) is 18.1. The second-order valence-electron chi connectivity index (χ2n) is 10.8. The molecule has 2 heteroatoms. The van der Waals surface area contributed by atoms with Gasteiger partial charge in [-0.25, -0.2) is 9.28 Å². The molecule has 0 aromatic heterocycles. The molecule has 1 aromatic carbocycles. The van der Waals surface area contributed by atoms with Crippen LogP contribution in [0.25, 0.3) is 0 Å². The number of hydrogen-bond donors (Lipinski definition) is 0. The molecule has 154 valence electrons. The molecule has 0 spiro atoms. The number of fused-ring (bicyclic) bond motifs is 5. The highest BCUT2D eigenvalue weighted by atomic mass is 16.2. The topological polar surface area (TPSA) is 17.1 Å². The van der Waals surface area contributed by atoms with Crippen LogP contribution in [0.2, 0.25) is 0 Å². The van der Waals surface area contributed by atoms with E-state index < -0.39 is 0 Å². The van der Waals surface area contributed by atoms with Crippen molar-refractivity contribution >= 4 is 11.6 Å². The maximum absolute atomic E-state index is 13.5. The zero-order valence-electron chi connectivity index (χ0n) is 18.1. The molecule has 0 radical (unpaired) electrons. The van der Waals surface area contributed by atoms with Gasteiger partial charge in [-0.2, -0.15) is 0 Å². The van der Waals surface area contributed by atoms with Crippen molar-refractivity contribution in [2.45, 2.75) is 64.8 Å². The maximum atomic E-state index is 13.5. The van der Waals surface area contributed by atoms with E-state index in [4.69, 9.17) is 0 Å². The van der Waals surface area contributed by atoms with E-state index >= 15 is 0 Å². The van der Waals surface area contributed by atoms with Gasteiger partial charge in [0, 0.05) is 17.9 Å². The van der Waals surface area contributed by atoms with Crippen LogP contribution >= 0.6 is 0 Å². The van der Waals surface area contributed by atoms with Gasteiger partial charge < -0.3 is 0 Å². The Labute approximate surface area is 176 Å². The molecule has 0 bridgehead atoms. The number of quaternary nitrogens is 1. The molecule has 1 aromatic rings. The highest BCUT2D eigenvalue weighted by Crippen LogP contribution is 2.64. The van der Waals surface area contributed by atoms with Gasteiger partial charge in [0.1, 0.15) is 18.3 Å². The maximum Gasteiger partial charge on any atom is 0.343 e. The average Bonchev–Trinajstić information content (AvgIpc) is 3.13. The molecule has 4 aliphatic rings. The zero-order chi connectivity index (χ0) is 20.3. The summed E-state index contributed by atoms with van der Waals surface area (Å²) in [6.07, 6.45) is 15.6. The third-order valence-electron chi connectivity index (χ3n) is 9.65.